The molecule has 4 rings (SSSR count). The number of piperidine rings is 1. The van der Waals surface area contributed by atoms with E-state index in [4.69, 9.17) is 15.5 Å². The number of benzene rings is 2. The highest BCUT2D eigenvalue weighted by Gasteiger charge is 2.28. The van der Waals surface area contributed by atoms with E-state index in [0.29, 0.717) is 37.6 Å². The van der Waals surface area contributed by atoms with Gasteiger partial charge in [-0.2, -0.15) is 10.5 Å². The molecule has 6 nitrogen and oxygen atoms in total. The van der Waals surface area contributed by atoms with Crippen LogP contribution in [0, 0.1) is 22.7 Å². The number of aromatic nitrogens is 1. The number of aromatic hydroxyl groups is 1. The maximum Gasteiger partial charge on any atom is 0.123 e. The van der Waals surface area contributed by atoms with Gasteiger partial charge in [-0.1, -0.05) is 53.7 Å². The molecule has 1 saturated heterocycles. The molecule has 0 unspecified atom stereocenters. The molecule has 0 radical (unpaired) electrons. The van der Waals surface area contributed by atoms with Gasteiger partial charge >= 0.3 is 0 Å². The monoisotopic (exact) mass is 583 g/mol. The normalized spacial score (nSPS) is 14.9. The van der Waals surface area contributed by atoms with Crippen molar-refractivity contribution in [2.45, 2.75) is 90.5 Å². The smallest absolute Gasteiger partial charge is 0.123 e. The predicted molar refractivity (Wildman–Crippen MR) is 173 cm³/mol. The van der Waals surface area contributed by atoms with Crippen LogP contribution in [0.2, 0.25) is 0 Å². The van der Waals surface area contributed by atoms with Crippen molar-refractivity contribution >= 4 is 17.0 Å². The molecule has 222 valence electrons. The number of nitriles is 2. The van der Waals surface area contributed by atoms with Crippen LogP contribution in [-0.4, -0.2) is 41.2 Å². The summed E-state index contributed by atoms with van der Waals surface area (Å²) in [7, 11) is 0. The van der Waals surface area contributed by atoms with Crippen molar-refractivity contribution in [1.82, 2.24) is 9.88 Å². The van der Waals surface area contributed by atoms with E-state index in [1.807, 2.05) is 0 Å². The first-order valence-electron chi connectivity index (χ1n) is 15.0. The third kappa shape index (κ3) is 7.71. The number of likely N-dealkylation sites (tertiary alicyclic amines) is 1. The van der Waals surface area contributed by atoms with Crippen molar-refractivity contribution in [3.05, 3.63) is 63.5 Å². The Bertz CT molecular complexity index is 1370. The summed E-state index contributed by atoms with van der Waals surface area (Å²) < 4.78 is 0. The largest absolute Gasteiger partial charge is 0.507 e. The molecule has 2 heterocycles. The van der Waals surface area contributed by atoms with Gasteiger partial charge in [0.25, 0.3) is 0 Å². The minimum Gasteiger partial charge on any atom is -0.507 e. The Kier molecular flexibility index (Phi) is 9.97. The van der Waals surface area contributed by atoms with Gasteiger partial charge in [0.2, 0.25) is 0 Å². The van der Waals surface area contributed by atoms with Gasteiger partial charge in [0.15, 0.2) is 0 Å². The molecule has 0 atom stereocenters. The van der Waals surface area contributed by atoms with E-state index < -0.39 is 0 Å². The molecule has 0 amide bonds. The summed E-state index contributed by atoms with van der Waals surface area (Å²) in [6.07, 6.45) is 3.09. The Morgan fingerprint density at radius 3 is 1.98 bits per heavy atom. The summed E-state index contributed by atoms with van der Waals surface area (Å²) in [5.74, 6) is 0.879. The van der Waals surface area contributed by atoms with Crippen molar-refractivity contribution in [3.63, 3.8) is 0 Å². The number of phenolic OH excluding ortho intramolecular Hbond substituents is 1. The van der Waals surface area contributed by atoms with Gasteiger partial charge in [-0.25, -0.2) is 4.98 Å². The molecule has 1 aromatic heterocycles. The topological polar surface area (TPSA) is 87.2 Å². The Hall–Kier alpha value is -3.39. The molecule has 3 aromatic rings. The molecule has 0 bridgehead atoms. The maximum absolute atomic E-state index is 11.1. The highest BCUT2D eigenvalue weighted by Crippen LogP contribution is 2.42. The van der Waals surface area contributed by atoms with E-state index in [1.54, 1.807) is 11.3 Å². The summed E-state index contributed by atoms with van der Waals surface area (Å²) in [4.78, 5) is 9.77. The molecular weight excluding hydrogens is 538 g/mol. The zero-order valence-corrected chi connectivity index (χ0v) is 26.9. The molecule has 0 spiro atoms. The number of thiazole rings is 1. The number of anilines is 1. The van der Waals surface area contributed by atoms with Gasteiger partial charge in [0.1, 0.15) is 5.75 Å². The highest BCUT2D eigenvalue weighted by molar-refractivity contribution is 7.10. The quantitative estimate of drug-likeness (QED) is 0.274. The molecule has 0 aliphatic carbocycles. The fourth-order valence-corrected chi connectivity index (χ4v) is 6.68. The van der Waals surface area contributed by atoms with E-state index in [2.05, 4.69) is 105 Å². The average molecular weight is 584 g/mol. The third-order valence-corrected chi connectivity index (χ3v) is 9.18. The predicted octanol–water partition coefficient (Wildman–Crippen LogP) is 8.12. The second kappa shape index (κ2) is 13.3. The molecule has 1 fully saturated rings. The van der Waals surface area contributed by atoms with E-state index in [0.717, 1.165) is 60.5 Å². The van der Waals surface area contributed by atoms with Crippen LogP contribution in [0.5, 0.6) is 5.75 Å². The SMILES string of the molecule is CC(C)(C)c1cc(-c2csc(C3CCN(Cc4ccc(N(CCC#N)CCC#N)cc4)CC3)n2)cc(C(C)(C)C)c1O. The summed E-state index contributed by atoms with van der Waals surface area (Å²) in [6.45, 7) is 17.2. The van der Waals surface area contributed by atoms with Crippen molar-refractivity contribution in [1.29, 1.82) is 10.5 Å². The Balaban J connectivity index is 1.40. The molecule has 0 saturated carbocycles. The van der Waals surface area contributed by atoms with Crippen LogP contribution >= 0.6 is 11.3 Å². The fraction of sp³-hybridized carbons (Fsp3) is 0.514. The standard InChI is InChI=1S/C35H45N5OS/c1-34(2,3)29-21-27(22-30(32(29)41)35(4,5)6)31-24-42-33(38-31)26-13-19-39(20-14-26)23-25-9-11-28(12-10-25)40(17-7-15-36)18-8-16-37/h9-12,21-22,24,26,41H,7-8,13-14,17-20,23H2,1-6H3. The molecule has 1 N–H and O–H groups in total. The van der Waals surface area contributed by atoms with Gasteiger partial charge in [-0.3, -0.25) is 4.90 Å². The molecule has 1 aliphatic rings. The van der Waals surface area contributed by atoms with Crippen LogP contribution in [0.3, 0.4) is 0 Å². The van der Waals surface area contributed by atoms with Crippen LogP contribution in [0.15, 0.2) is 41.8 Å². The summed E-state index contributed by atoms with van der Waals surface area (Å²) in [5.41, 5.74) is 6.06. The van der Waals surface area contributed by atoms with Crippen molar-refractivity contribution < 1.29 is 5.11 Å². The van der Waals surface area contributed by atoms with Gasteiger partial charge in [-0.05, 0) is 66.6 Å². The number of phenols is 1. The number of hydrogen-bond acceptors (Lipinski definition) is 7. The van der Waals surface area contributed by atoms with E-state index in [9.17, 15) is 5.11 Å². The van der Waals surface area contributed by atoms with E-state index >= 15 is 0 Å². The summed E-state index contributed by atoms with van der Waals surface area (Å²) in [6, 6.07) is 17.3. The summed E-state index contributed by atoms with van der Waals surface area (Å²) >= 11 is 1.77. The van der Waals surface area contributed by atoms with Crippen LogP contribution in [-0.2, 0) is 17.4 Å². The Morgan fingerprint density at radius 2 is 1.48 bits per heavy atom. The van der Waals surface area contributed by atoms with E-state index in [-0.39, 0.29) is 10.8 Å². The Morgan fingerprint density at radius 1 is 0.929 bits per heavy atom. The van der Waals surface area contributed by atoms with E-state index in [1.165, 1.54) is 10.6 Å². The molecule has 42 heavy (non-hydrogen) atoms. The third-order valence-electron chi connectivity index (χ3n) is 8.18. The average Bonchev–Trinajstić information content (AvgIpc) is 3.43. The first-order valence-corrected chi connectivity index (χ1v) is 15.9. The van der Waals surface area contributed by atoms with Gasteiger partial charge in [0, 0.05) is 53.3 Å². The lowest BCUT2D eigenvalue weighted by molar-refractivity contribution is 0.204. The van der Waals surface area contributed by atoms with Gasteiger partial charge < -0.3 is 10.0 Å². The van der Waals surface area contributed by atoms with Crippen molar-refractivity contribution in [2.24, 2.45) is 0 Å². The zero-order chi connectivity index (χ0) is 30.5. The lowest BCUT2D eigenvalue weighted by Crippen LogP contribution is -2.32. The molecular formula is C35H45N5OS. The number of hydrogen-bond donors (Lipinski definition) is 1. The fourth-order valence-electron chi connectivity index (χ4n) is 5.68. The Labute approximate surface area is 256 Å². The van der Waals surface area contributed by atoms with Gasteiger partial charge in [-0.15, -0.1) is 11.3 Å². The second-order valence-corrected chi connectivity index (χ2v) is 14.4. The minimum absolute atomic E-state index is 0.166. The van der Waals surface area contributed by atoms with Crippen LogP contribution in [0.25, 0.3) is 11.3 Å². The minimum atomic E-state index is -0.166. The molecule has 1 aliphatic heterocycles. The highest BCUT2D eigenvalue weighted by atomic mass is 32.1. The lowest BCUT2D eigenvalue weighted by atomic mass is 9.78. The van der Waals surface area contributed by atoms with Crippen LogP contribution < -0.4 is 4.90 Å². The van der Waals surface area contributed by atoms with Crippen molar-refractivity contribution in [2.75, 3.05) is 31.1 Å². The lowest BCUT2D eigenvalue weighted by Gasteiger charge is -2.31. The van der Waals surface area contributed by atoms with Gasteiger partial charge in [0.05, 0.1) is 35.7 Å². The molecule has 2 aromatic carbocycles. The van der Waals surface area contributed by atoms with Crippen LogP contribution in [0.1, 0.15) is 94.8 Å². The number of nitrogens with zero attached hydrogens (tertiary/aromatic N) is 5. The first-order chi connectivity index (χ1) is 19.9. The first kappa shape index (κ1) is 31.5. The second-order valence-electron chi connectivity index (χ2n) is 13.5. The number of rotatable bonds is 9. The zero-order valence-electron chi connectivity index (χ0n) is 26.1. The van der Waals surface area contributed by atoms with Crippen molar-refractivity contribution in [3.8, 4) is 29.1 Å². The van der Waals surface area contributed by atoms with Crippen LogP contribution in [0.4, 0.5) is 5.69 Å². The maximum atomic E-state index is 11.1. The molecule has 7 heteroatoms. The summed E-state index contributed by atoms with van der Waals surface area (Å²) in [5, 5.41) is 32.5.